The number of carboxylic acid groups (broad SMARTS) is 1. The van der Waals surface area contributed by atoms with Crippen molar-refractivity contribution in [1.29, 1.82) is 0 Å². The molecule has 0 unspecified atom stereocenters. The van der Waals surface area contributed by atoms with Gasteiger partial charge in [0.25, 0.3) is 0 Å². The Morgan fingerprint density at radius 1 is 1.36 bits per heavy atom. The third kappa shape index (κ3) is 3.86. The van der Waals surface area contributed by atoms with Crippen LogP contribution in [0.1, 0.15) is 45.1 Å². The molecule has 3 heterocycles. The first-order chi connectivity index (χ1) is 11.9. The van der Waals surface area contributed by atoms with Crippen LogP contribution in [0.15, 0.2) is 12.4 Å². The second-order valence-corrected chi connectivity index (χ2v) is 7.52. The number of hydrogen-bond donors (Lipinski definition) is 1. The van der Waals surface area contributed by atoms with Crippen LogP contribution >= 0.6 is 0 Å². The number of carbonyl (C=O) groups is 2. The van der Waals surface area contributed by atoms with E-state index in [1.807, 2.05) is 10.9 Å². The lowest BCUT2D eigenvalue weighted by Gasteiger charge is -2.48. The van der Waals surface area contributed by atoms with Crippen LogP contribution in [-0.4, -0.2) is 62.2 Å². The fourth-order valence-corrected chi connectivity index (χ4v) is 4.04. The van der Waals surface area contributed by atoms with Crippen molar-refractivity contribution in [3.63, 3.8) is 0 Å². The summed E-state index contributed by atoms with van der Waals surface area (Å²) >= 11 is 0. The highest BCUT2D eigenvalue weighted by molar-refractivity contribution is 5.84. The molecule has 25 heavy (non-hydrogen) atoms. The number of aromatic nitrogens is 2. The predicted octanol–water partition coefficient (Wildman–Crippen LogP) is 1.58. The van der Waals surface area contributed by atoms with Gasteiger partial charge in [0.2, 0.25) is 5.91 Å². The maximum atomic E-state index is 12.1. The zero-order valence-electron chi connectivity index (χ0n) is 15.1. The second-order valence-electron chi connectivity index (χ2n) is 7.52. The molecule has 1 amide bonds. The molecule has 7 heteroatoms. The van der Waals surface area contributed by atoms with Gasteiger partial charge in [-0.25, -0.2) is 4.79 Å². The smallest absolute Gasteiger partial charge is 0.326 e. The largest absolute Gasteiger partial charge is 0.480 e. The van der Waals surface area contributed by atoms with Crippen LogP contribution < -0.4 is 0 Å². The average Bonchev–Trinajstić information content (AvgIpc) is 3.06. The molecule has 1 N–H and O–H groups in total. The van der Waals surface area contributed by atoms with Crippen LogP contribution in [0.5, 0.6) is 0 Å². The molecule has 3 rings (SSSR count). The number of likely N-dealkylation sites (tertiary alicyclic amines) is 2. The van der Waals surface area contributed by atoms with Gasteiger partial charge < -0.3 is 10.0 Å². The molecule has 1 atom stereocenters. The monoisotopic (exact) mass is 348 g/mol. The highest BCUT2D eigenvalue weighted by atomic mass is 16.4. The third-order valence-electron chi connectivity index (χ3n) is 5.85. The summed E-state index contributed by atoms with van der Waals surface area (Å²) < 4.78 is 1.94. The van der Waals surface area contributed by atoms with E-state index in [0.717, 1.165) is 45.4 Å². The Hall–Kier alpha value is -1.89. The molecule has 2 aliphatic heterocycles. The van der Waals surface area contributed by atoms with Crippen molar-refractivity contribution in [2.75, 3.05) is 19.6 Å². The van der Waals surface area contributed by atoms with Gasteiger partial charge in [-0.15, -0.1) is 0 Å². The summed E-state index contributed by atoms with van der Waals surface area (Å²) in [7, 11) is 0. The van der Waals surface area contributed by atoms with Crippen molar-refractivity contribution in [2.24, 2.45) is 5.41 Å². The number of aryl methyl sites for hydroxylation is 1. The topological polar surface area (TPSA) is 78.7 Å². The molecule has 1 aromatic rings. The van der Waals surface area contributed by atoms with E-state index in [1.54, 1.807) is 11.8 Å². The summed E-state index contributed by atoms with van der Waals surface area (Å²) in [4.78, 5) is 27.4. The minimum absolute atomic E-state index is 0.0186. The minimum atomic E-state index is -0.921. The number of piperidine rings is 2. The molecule has 2 aliphatic rings. The zero-order chi connectivity index (χ0) is 18.0. The Labute approximate surface area is 148 Å². The van der Waals surface area contributed by atoms with Crippen molar-refractivity contribution in [1.82, 2.24) is 19.6 Å². The lowest BCUT2D eigenvalue weighted by molar-refractivity contribution is -0.155. The van der Waals surface area contributed by atoms with Gasteiger partial charge in [-0.2, -0.15) is 5.10 Å². The van der Waals surface area contributed by atoms with E-state index in [4.69, 9.17) is 0 Å². The molecule has 2 fully saturated rings. The molecule has 0 aliphatic carbocycles. The first-order valence-electron chi connectivity index (χ1n) is 9.18. The Balaban J connectivity index is 1.58. The summed E-state index contributed by atoms with van der Waals surface area (Å²) in [6.07, 6.45) is 7.43. The Morgan fingerprint density at radius 3 is 2.68 bits per heavy atom. The van der Waals surface area contributed by atoms with Crippen molar-refractivity contribution in [3.8, 4) is 0 Å². The van der Waals surface area contributed by atoms with Crippen LogP contribution in [0.25, 0.3) is 0 Å². The standard InChI is InChI=1S/C18H28N4O3/c1-3-21-12-15(10-19-21)11-20-8-6-18(7-9-20)5-4-16(23)22(13-18)14(2)17(24)25/h10,12,14H,3-9,11,13H2,1-2H3,(H,24,25)/t14-/m1/s1. The van der Waals surface area contributed by atoms with E-state index >= 15 is 0 Å². The van der Waals surface area contributed by atoms with Gasteiger partial charge in [0.15, 0.2) is 0 Å². The molecule has 0 aromatic carbocycles. The molecule has 0 radical (unpaired) electrons. The fourth-order valence-electron chi connectivity index (χ4n) is 4.04. The number of carbonyl (C=O) groups excluding carboxylic acids is 1. The highest BCUT2D eigenvalue weighted by Gasteiger charge is 2.43. The number of carboxylic acids is 1. The van der Waals surface area contributed by atoms with E-state index in [0.29, 0.717) is 13.0 Å². The van der Waals surface area contributed by atoms with E-state index in [2.05, 4.69) is 23.1 Å². The molecule has 0 bridgehead atoms. The molecule has 2 saturated heterocycles. The van der Waals surface area contributed by atoms with Gasteiger partial charge in [0.1, 0.15) is 6.04 Å². The Morgan fingerprint density at radius 2 is 2.08 bits per heavy atom. The lowest BCUT2D eigenvalue weighted by Crippen LogP contribution is -2.55. The number of nitrogens with zero attached hydrogens (tertiary/aromatic N) is 4. The Bertz CT molecular complexity index is 634. The van der Waals surface area contributed by atoms with E-state index in [1.165, 1.54) is 5.56 Å². The summed E-state index contributed by atoms with van der Waals surface area (Å²) in [5.74, 6) is -0.939. The number of rotatable bonds is 5. The van der Waals surface area contributed by atoms with Gasteiger partial charge in [0.05, 0.1) is 6.20 Å². The molecular weight excluding hydrogens is 320 g/mol. The average molecular weight is 348 g/mol. The SMILES string of the molecule is CCn1cc(CN2CCC3(CCC(=O)N([C@H](C)C(=O)O)C3)CC2)cn1. The third-order valence-corrected chi connectivity index (χ3v) is 5.85. The van der Waals surface area contributed by atoms with Crippen LogP contribution in [-0.2, 0) is 22.7 Å². The maximum Gasteiger partial charge on any atom is 0.326 e. The molecule has 1 aromatic heterocycles. The van der Waals surface area contributed by atoms with Crippen LogP contribution in [0.3, 0.4) is 0 Å². The summed E-state index contributed by atoms with van der Waals surface area (Å²) in [5, 5.41) is 13.6. The first-order valence-corrected chi connectivity index (χ1v) is 9.18. The lowest BCUT2D eigenvalue weighted by atomic mass is 9.72. The summed E-state index contributed by atoms with van der Waals surface area (Å²) in [6, 6.07) is -0.734. The quantitative estimate of drug-likeness (QED) is 0.874. The van der Waals surface area contributed by atoms with E-state index in [9.17, 15) is 14.7 Å². The van der Waals surface area contributed by atoms with Gasteiger partial charge in [0, 0.05) is 37.8 Å². The molecular formula is C18H28N4O3. The van der Waals surface area contributed by atoms with Gasteiger partial charge in [-0.05, 0) is 51.6 Å². The molecule has 0 saturated carbocycles. The molecule has 1 spiro atoms. The van der Waals surface area contributed by atoms with Crippen LogP contribution in [0, 0.1) is 5.41 Å². The number of amides is 1. The van der Waals surface area contributed by atoms with E-state index < -0.39 is 12.0 Å². The van der Waals surface area contributed by atoms with Crippen LogP contribution in [0.4, 0.5) is 0 Å². The summed E-state index contributed by atoms with van der Waals surface area (Å²) in [6.45, 7) is 8.04. The fraction of sp³-hybridized carbons (Fsp3) is 0.722. The maximum absolute atomic E-state index is 12.1. The predicted molar refractivity (Wildman–Crippen MR) is 92.9 cm³/mol. The summed E-state index contributed by atoms with van der Waals surface area (Å²) in [5.41, 5.74) is 1.32. The number of aliphatic carboxylic acids is 1. The van der Waals surface area contributed by atoms with Gasteiger partial charge >= 0.3 is 5.97 Å². The Kier molecular flexibility index (Phi) is 5.13. The van der Waals surface area contributed by atoms with E-state index in [-0.39, 0.29) is 11.3 Å². The minimum Gasteiger partial charge on any atom is -0.480 e. The molecule has 7 nitrogen and oxygen atoms in total. The van der Waals surface area contributed by atoms with Crippen molar-refractivity contribution in [3.05, 3.63) is 18.0 Å². The zero-order valence-corrected chi connectivity index (χ0v) is 15.1. The van der Waals surface area contributed by atoms with Crippen molar-refractivity contribution in [2.45, 2.75) is 58.7 Å². The van der Waals surface area contributed by atoms with Gasteiger partial charge in [-0.1, -0.05) is 0 Å². The highest BCUT2D eigenvalue weighted by Crippen LogP contribution is 2.41. The second kappa shape index (κ2) is 7.15. The molecule has 138 valence electrons. The van der Waals surface area contributed by atoms with Crippen molar-refractivity contribution >= 4 is 11.9 Å². The normalized spacial score (nSPS) is 22.3. The van der Waals surface area contributed by atoms with Crippen molar-refractivity contribution < 1.29 is 14.7 Å². The first kappa shape index (κ1) is 17.9. The number of hydrogen-bond acceptors (Lipinski definition) is 4. The van der Waals surface area contributed by atoms with Gasteiger partial charge in [-0.3, -0.25) is 14.4 Å². The van der Waals surface area contributed by atoms with Crippen LogP contribution in [0.2, 0.25) is 0 Å².